The molecule has 2 unspecified atom stereocenters. The molecule has 2 atom stereocenters. The minimum atomic E-state index is 0.590. The van der Waals surface area contributed by atoms with Crippen molar-refractivity contribution in [3.8, 4) is 0 Å². The van der Waals surface area contributed by atoms with E-state index in [1.54, 1.807) is 0 Å². The van der Waals surface area contributed by atoms with Crippen molar-refractivity contribution in [1.29, 1.82) is 0 Å². The number of hydrogen-bond acceptors (Lipinski definition) is 2. The van der Waals surface area contributed by atoms with Crippen LogP contribution in [0.1, 0.15) is 13.3 Å². The van der Waals surface area contributed by atoms with E-state index in [0.717, 1.165) is 6.54 Å². The van der Waals surface area contributed by atoms with Crippen LogP contribution < -0.4 is 5.43 Å². The molecule has 0 amide bonds. The molecule has 1 aromatic rings. The monoisotopic (exact) mass is 179 g/mol. The molecule has 2 rings (SSSR count). The third-order valence-electron chi connectivity index (χ3n) is 2.82. The lowest BCUT2D eigenvalue weighted by atomic mass is 10.2. The van der Waals surface area contributed by atoms with Crippen molar-refractivity contribution in [2.45, 2.75) is 25.4 Å². The highest BCUT2D eigenvalue weighted by Crippen LogP contribution is 2.15. The van der Waals surface area contributed by atoms with E-state index in [0.29, 0.717) is 12.1 Å². The smallest absolute Gasteiger partial charge is 0.0566 e. The Morgan fingerprint density at radius 3 is 2.54 bits per heavy atom. The summed E-state index contributed by atoms with van der Waals surface area (Å²) in [6.07, 6.45) is 5.32. The van der Waals surface area contributed by atoms with E-state index in [1.165, 1.54) is 6.42 Å². The molecule has 2 heterocycles. The van der Waals surface area contributed by atoms with Crippen LogP contribution in [0.5, 0.6) is 0 Å². The Morgan fingerprint density at radius 1 is 1.31 bits per heavy atom. The first-order valence-electron chi connectivity index (χ1n) is 4.85. The van der Waals surface area contributed by atoms with E-state index in [9.17, 15) is 0 Å². The predicted molar refractivity (Wildman–Crippen MR) is 54.3 cm³/mol. The first-order chi connectivity index (χ1) is 6.25. The van der Waals surface area contributed by atoms with Gasteiger partial charge in [-0.05, 0) is 32.5 Å². The Bertz CT molecular complexity index is 245. The van der Waals surface area contributed by atoms with Crippen molar-refractivity contribution in [2.75, 3.05) is 19.0 Å². The van der Waals surface area contributed by atoms with E-state index in [4.69, 9.17) is 0 Å². The van der Waals surface area contributed by atoms with Crippen molar-refractivity contribution in [3.63, 3.8) is 0 Å². The minimum absolute atomic E-state index is 0.590. The molecule has 0 bridgehead atoms. The summed E-state index contributed by atoms with van der Waals surface area (Å²) >= 11 is 0. The van der Waals surface area contributed by atoms with Gasteiger partial charge in [0.15, 0.2) is 0 Å². The average Bonchev–Trinajstić information content (AvgIpc) is 2.64. The van der Waals surface area contributed by atoms with Crippen LogP contribution in [0.2, 0.25) is 0 Å². The lowest BCUT2D eigenvalue weighted by Crippen LogP contribution is -2.29. The molecule has 1 aliphatic heterocycles. The SMILES string of the molecule is CC1CC(Nn2cccc2)CN1C. The summed E-state index contributed by atoms with van der Waals surface area (Å²) in [5, 5.41) is 0. The van der Waals surface area contributed by atoms with Crippen LogP contribution in [0, 0.1) is 0 Å². The molecule has 0 aliphatic carbocycles. The minimum Gasteiger partial charge on any atom is -0.322 e. The van der Waals surface area contributed by atoms with Crippen LogP contribution in [-0.2, 0) is 0 Å². The molecule has 0 radical (unpaired) electrons. The first kappa shape index (κ1) is 8.63. The van der Waals surface area contributed by atoms with Crippen molar-refractivity contribution in [3.05, 3.63) is 24.5 Å². The van der Waals surface area contributed by atoms with Gasteiger partial charge in [0.25, 0.3) is 0 Å². The number of hydrogen-bond donors (Lipinski definition) is 1. The second-order valence-electron chi connectivity index (χ2n) is 3.94. The molecule has 0 aromatic carbocycles. The van der Waals surface area contributed by atoms with Gasteiger partial charge in [-0.15, -0.1) is 0 Å². The maximum atomic E-state index is 3.46. The maximum Gasteiger partial charge on any atom is 0.0566 e. The van der Waals surface area contributed by atoms with Crippen molar-refractivity contribution >= 4 is 0 Å². The van der Waals surface area contributed by atoms with Gasteiger partial charge < -0.3 is 10.3 Å². The second kappa shape index (κ2) is 3.42. The Labute approximate surface area is 79.3 Å². The topological polar surface area (TPSA) is 20.2 Å². The number of aromatic nitrogens is 1. The molecule has 1 N–H and O–H groups in total. The van der Waals surface area contributed by atoms with Crippen LogP contribution in [-0.4, -0.2) is 35.3 Å². The van der Waals surface area contributed by atoms with Crippen LogP contribution in [0.4, 0.5) is 0 Å². The Kier molecular flexibility index (Phi) is 2.27. The number of nitrogens with one attached hydrogen (secondary N) is 1. The molecule has 0 spiro atoms. The summed E-state index contributed by atoms with van der Waals surface area (Å²) < 4.78 is 2.04. The normalized spacial score (nSPS) is 29.4. The molecule has 3 heteroatoms. The molecule has 1 saturated heterocycles. The molecule has 13 heavy (non-hydrogen) atoms. The lowest BCUT2D eigenvalue weighted by molar-refractivity contribution is 0.329. The standard InChI is InChI=1S/C10H17N3/c1-9-7-10(8-12(9)2)11-13-5-3-4-6-13/h3-6,9-11H,7-8H2,1-2H3. The van der Waals surface area contributed by atoms with Gasteiger partial charge in [-0.1, -0.05) is 0 Å². The quantitative estimate of drug-likeness (QED) is 0.734. The zero-order chi connectivity index (χ0) is 9.26. The molecule has 1 fully saturated rings. The number of nitrogens with zero attached hydrogens (tertiary/aromatic N) is 2. The molecule has 72 valence electrons. The number of rotatable bonds is 2. The highest BCUT2D eigenvalue weighted by atomic mass is 15.4. The van der Waals surface area contributed by atoms with E-state index < -0.39 is 0 Å². The third-order valence-corrected chi connectivity index (χ3v) is 2.82. The van der Waals surface area contributed by atoms with Gasteiger partial charge in [0.2, 0.25) is 0 Å². The summed E-state index contributed by atoms with van der Waals surface area (Å²) in [5.74, 6) is 0. The van der Waals surface area contributed by atoms with E-state index in [2.05, 4.69) is 24.3 Å². The summed E-state index contributed by atoms with van der Waals surface area (Å²) in [5.41, 5.74) is 3.46. The van der Waals surface area contributed by atoms with E-state index in [1.807, 2.05) is 29.2 Å². The van der Waals surface area contributed by atoms with Gasteiger partial charge in [-0.25, -0.2) is 0 Å². The maximum absolute atomic E-state index is 3.46. The van der Waals surface area contributed by atoms with Gasteiger partial charge in [-0.3, -0.25) is 4.68 Å². The van der Waals surface area contributed by atoms with Crippen molar-refractivity contribution < 1.29 is 0 Å². The van der Waals surface area contributed by atoms with Gasteiger partial charge in [-0.2, -0.15) is 0 Å². The van der Waals surface area contributed by atoms with Gasteiger partial charge in [0, 0.05) is 25.0 Å². The summed E-state index contributed by atoms with van der Waals surface area (Å²) in [7, 11) is 2.18. The highest BCUT2D eigenvalue weighted by Gasteiger charge is 2.25. The molecule has 1 aromatic heterocycles. The third kappa shape index (κ3) is 1.86. The molecule has 1 aliphatic rings. The average molecular weight is 179 g/mol. The molecular weight excluding hydrogens is 162 g/mol. The Balaban J connectivity index is 1.91. The van der Waals surface area contributed by atoms with Crippen LogP contribution in [0.25, 0.3) is 0 Å². The van der Waals surface area contributed by atoms with Gasteiger partial charge in [0.05, 0.1) is 6.04 Å². The van der Waals surface area contributed by atoms with Crippen molar-refractivity contribution in [1.82, 2.24) is 9.58 Å². The zero-order valence-corrected chi connectivity index (χ0v) is 8.27. The zero-order valence-electron chi connectivity index (χ0n) is 8.27. The van der Waals surface area contributed by atoms with Gasteiger partial charge in [0.1, 0.15) is 0 Å². The first-order valence-corrected chi connectivity index (χ1v) is 4.85. The molecule has 3 nitrogen and oxygen atoms in total. The molecule has 0 saturated carbocycles. The van der Waals surface area contributed by atoms with Gasteiger partial charge >= 0.3 is 0 Å². The Morgan fingerprint density at radius 2 is 2.00 bits per heavy atom. The van der Waals surface area contributed by atoms with Crippen LogP contribution in [0.15, 0.2) is 24.5 Å². The summed E-state index contributed by atoms with van der Waals surface area (Å²) in [6.45, 7) is 3.41. The lowest BCUT2D eigenvalue weighted by Gasteiger charge is -2.14. The number of likely N-dealkylation sites (N-methyl/N-ethyl adjacent to an activating group) is 1. The second-order valence-corrected chi connectivity index (χ2v) is 3.94. The summed E-state index contributed by atoms with van der Waals surface area (Å²) in [6, 6.07) is 5.37. The van der Waals surface area contributed by atoms with Crippen molar-refractivity contribution in [2.24, 2.45) is 0 Å². The number of likely N-dealkylation sites (tertiary alicyclic amines) is 1. The largest absolute Gasteiger partial charge is 0.322 e. The summed E-state index contributed by atoms with van der Waals surface area (Å²) in [4.78, 5) is 2.39. The fraction of sp³-hybridized carbons (Fsp3) is 0.600. The molecular formula is C10H17N3. The van der Waals surface area contributed by atoms with E-state index in [-0.39, 0.29) is 0 Å². The fourth-order valence-corrected chi connectivity index (χ4v) is 1.92. The van der Waals surface area contributed by atoms with Crippen LogP contribution in [0.3, 0.4) is 0 Å². The fourth-order valence-electron chi connectivity index (χ4n) is 1.92. The predicted octanol–water partition coefficient (Wildman–Crippen LogP) is 1.12. The highest BCUT2D eigenvalue weighted by molar-refractivity contribution is 4.98. The van der Waals surface area contributed by atoms with E-state index >= 15 is 0 Å². The Hall–Kier alpha value is -0.960. The van der Waals surface area contributed by atoms with Crippen LogP contribution >= 0.6 is 0 Å².